The van der Waals surface area contributed by atoms with Crippen LogP contribution < -0.4 is 10.1 Å². The highest BCUT2D eigenvalue weighted by Crippen LogP contribution is 2.23. The van der Waals surface area contributed by atoms with E-state index < -0.39 is 6.10 Å². The molecule has 0 saturated heterocycles. The van der Waals surface area contributed by atoms with E-state index in [1.165, 1.54) is 14.2 Å². The molecule has 0 fully saturated rings. The summed E-state index contributed by atoms with van der Waals surface area (Å²) in [7, 11) is 2.99. The van der Waals surface area contributed by atoms with Gasteiger partial charge in [0.2, 0.25) is 0 Å². The van der Waals surface area contributed by atoms with Gasteiger partial charge in [-0.05, 0) is 18.2 Å². The largest absolute Gasteiger partial charge is 0.496 e. The van der Waals surface area contributed by atoms with Gasteiger partial charge >= 0.3 is 0 Å². The molecule has 1 rings (SSSR count). The Balaban J connectivity index is 2.66. The quantitative estimate of drug-likeness (QED) is 0.827. The average Bonchev–Trinajstić information content (AvgIpc) is 2.36. The Morgan fingerprint density at radius 2 is 2.22 bits per heavy atom. The van der Waals surface area contributed by atoms with Gasteiger partial charge in [-0.1, -0.05) is 15.9 Å². The molecule has 100 valence electrons. The molecule has 2 N–H and O–H groups in total. The van der Waals surface area contributed by atoms with Crippen LogP contribution >= 0.6 is 15.9 Å². The van der Waals surface area contributed by atoms with E-state index >= 15 is 0 Å². The number of aliphatic hydroxyl groups excluding tert-OH is 1. The number of amides is 1. The van der Waals surface area contributed by atoms with E-state index in [-0.39, 0.29) is 19.1 Å². The van der Waals surface area contributed by atoms with Gasteiger partial charge in [-0.15, -0.1) is 0 Å². The summed E-state index contributed by atoms with van der Waals surface area (Å²) in [5.41, 5.74) is 0.422. The van der Waals surface area contributed by atoms with E-state index in [4.69, 9.17) is 9.47 Å². The first-order valence-electron chi connectivity index (χ1n) is 5.37. The van der Waals surface area contributed by atoms with Crippen molar-refractivity contribution in [2.75, 3.05) is 27.4 Å². The number of carbonyl (C=O) groups is 1. The number of carbonyl (C=O) groups excluding carboxylic acids is 1. The van der Waals surface area contributed by atoms with Crippen molar-refractivity contribution in [3.05, 3.63) is 28.2 Å². The van der Waals surface area contributed by atoms with Gasteiger partial charge in [0.1, 0.15) is 5.75 Å². The summed E-state index contributed by atoms with van der Waals surface area (Å²) >= 11 is 3.30. The number of methoxy groups -OCH3 is 2. The van der Waals surface area contributed by atoms with E-state index in [1.54, 1.807) is 18.2 Å². The molecule has 5 nitrogen and oxygen atoms in total. The fourth-order valence-electron chi connectivity index (χ4n) is 1.41. The molecule has 18 heavy (non-hydrogen) atoms. The molecule has 0 radical (unpaired) electrons. The second-order valence-corrected chi connectivity index (χ2v) is 4.58. The van der Waals surface area contributed by atoms with Crippen LogP contribution in [0.4, 0.5) is 0 Å². The summed E-state index contributed by atoms with van der Waals surface area (Å²) in [5.74, 6) is 0.178. The van der Waals surface area contributed by atoms with Gasteiger partial charge in [-0.25, -0.2) is 0 Å². The lowest BCUT2D eigenvalue weighted by Gasteiger charge is -2.12. The smallest absolute Gasteiger partial charge is 0.255 e. The molecule has 0 bridgehead atoms. The van der Waals surface area contributed by atoms with Gasteiger partial charge in [0, 0.05) is 18.1 Å². The highest BCUT2D eigenvalue weighted by Gasteiger charge is 2.13. The van der Waals surface area contributed by atoms with E-state index in [2.05, 4.69) is 21.2 Å². The van der Waals surface area contributed by atoms with Crippen molar-refractivity contribution in [2.45, 2.75) is 6.10 Å². The third-order valence-electron chi connectivity index (χ3n) is 2.27. The number of benzene rings is 1. The van der Waals surface area contributed by atoms with E-state index in [1.807, 2.05) is 0 Å². The van der Waals surface area contributed by atoms with Gasteiger partial charge in [-0.3, -0.25) is 4.79 Å². The van der Waals surface area contributed by atoms with Gasteiger partial charge in [0.05, 0.1) is 25.4 Å². The Morgan fingerprint density at radius 3 is 2.83 bits per heavy atom. The monoisotopic (exact) mass is 317 g/mol. The van der Waals surface area contributed by atoms with Gasteiger partial charge in [0.25, 0.3) is 5.91 Å². The molecule has 0 heterocycles. The minimum Gasteiger partial charge on any atom is -0.496 e. The summed E-state index contributed by atoms with van der Waals surface area (Å²) in [4.78, 5) is 11.9. The van der Waals surface area contributed by atoms with E-state index in [9.17, 15) is 9.90 Å². The SMILES string of the molecule is COCC(O)CNC(=O)c1ccc(Br)cc1OC. The van der Waals surface area contributed by atoms with Crippen LogP contribution in [-0.4, -0.2) is 44.5 Å². The lowest BCUT2D eigenvalue weighted by atomic mass is 10.2. The second-order valence-electron chi connectivity index (χ2n) is 3.66. The molecule has 1 unspecified atom stereocenters. The van der Waals surface area contributed by atoms with Crippen LogP contribution in [0.15, 0.2) is 22.7 Å². The van der Waals surface area contributed by atoms with Crippen LogP contribution in [0.3, 0.4) is 0 Å². The maximum absolute atomic E-state index is 11.9. The normalized spacial score (nSPS) is 12.0. The Labute approximate surface area is 114 Å². The fraction of sp³-hybridized carbons (Fsp3) is 0.417. The first-order valence-corrected chi connectivity index (χ1v) is 6.16. The van der Waals surface area contributed by atoms with Crippen LogP contribution in [0.5, 0.6) is 5.75 Å². The first kappa shape index (κ1) is 14.9. The molecule has 6 heteroatoms. The molecule has 0 aliphatic rings. The standard InChI is InChI=1S/C12H16BrNO4/c1-17-7-9(15)6-14-12(16)10-4-3-8(13)5-11(10)18-2/h3-5,9,15H,6-7H2,1-2H3,(H,14,16). The van der Waals surface area contributed by atoms with Crippen molar-refractivity contribution >= 4 is 21.8 Å². The van der Waals surface area contributed by atoms with E-state index in [0.717, 1.165) is 4.47 Å². The van der Waals surface area contributed by atoms with E-state index in [0.29, 0.717) is 11.3 Å². The van der Waals surface area contributed by atoms with Crippen molar-refractivity contribution in [1.82, 2.24) is 5.32 Å². The maximum atomic E-state index is 11.9. The van der Waals surface area contributed by atoms with Crippen molar-refractivity contribution in [1.29, 1.82) is 0 Å². The third kappa shape index (κ3) is 4.29. The van der Waals surface area contributed by atoms with Crippen LogP contribution in [0, 0.1) is 0 Å². The van der Waals surface area contributed by atoms with Gasteiger partial charge in [0.15, 0.2) is 0 Å². The van der Waals surface area contributed by atoms with Crippen LogP contribution in [0.25, 0.3) is 0 Å². The zero-order chi connectivity index (χ0) is 13.5. The number of rotatable bonds is 6. The summed E-state index contributed by atoms with van der Waals surface area (Å²) < 4.78 is 10.7. The minimum absolute atomic E-state index is 0.131. The highest BCUT2D eigenvalue weighted by molar-refractivity contribution is 9.10. The summed E-state index contributed by atoms with van der Waals surface area (Å²) in [6, 6.07) is 5.12. The van der Waals surface area contributed by atoms with Crippen molar-refractivity contribution < 1.29 is 19.4 Å². The number of hydrogen-bond acceptors (Lipinski definition) is 4. The maximum Gasteiger partial charge on any atom is 0.255 e. The molecule has 0 aliphatic heterocycles. The van der Waals surface area contributed by atoms with Crippen molar-refractivity contribution in [2.24, 2.45) is 0 Å². The second kappa shape index (κ2) is 7.35. The van der Waals surface area contributed by atoms with Crippen molar-refractivity contribution in [3.63, 3.8) is 0 Å². The fourth-order valence-corrected chi connectivity index (χ4v) is 1.75. The first-order chi connectivity index (χ1) is 8.58. The molecular formula is C12H16BrNO4. The lowest BCUT2D eigenvalue weighted by molar-refractivity contribution is 0.0609. The van der Waals surface area contributed by atoms with Crippen molar-refractivity contribution in [3.8, 4) is 5.75 Å². The number of aliphatic hydroxyl groups is 1. The topological polar surface area (TPSA) is 67.8 Å². The molecule has 0 spiro atoms. The molecular weight excluding hydrogens is 302 g/mol. The average molecular weight is 318 g/mol. The van der Waals surface area contributed by atoms with Gasteiger partial charge < -0.3 is 19.9 Å². The third-order valence-corrected chi connectivity index (χ3v) is 2.76. The Bertz CT molecular complexity index is 411. The number of ether oxygens (including phenoxy) is 2. The molecule has 0 aromatic heterocycles. The molecule has 1 aromatic carbocycles. The number of nitrogens with one attached hydrogen (secondary N) is 1. The summed E-state index contributed by atoms with van der Waals surface area (Å²) in [5, 5.41) is 12.1. The molecule has 1 amide bonds. The van der Waals surface area contributed by atoms with Crippen LogP contribution in [-0.2, 0) is 4.74 Å². The Morgan fingerprint density at radius 1 is 1.50 bits per heavy atom. The van der Waals surface area contributed by atoms with Crippen LogP contribution in [0.1, 0.15) is 10.4 Å². The summed E-state index contributed by atoms with van der Waals surface area (Å²) in [6.45, 7) is 0.309. The zero-order valence-corrected chi connectivity index (χ0v) is 11.9. The predicted octanol–water partition coefficient (Wildman–Crippen LogP) is 1.19. The molecule has 0 aliphatic carbocycles. The lowest BCUT2D eigenvalue weighted by Crippen LogP contribution is -2.34. The molecule has 1 atom stereocenters. The zero-order valence-electron chi connectivity index (χ0n) is 10.3. The highest BCUT2D eigenvalue weighted by atomic mass is 79.9. The Kier molecular flexibility index (Phi) is 6.11. The molecule has 0 saturated carbocycles. The molecule has 1 aromatic rings. The number of halogens is 1. The number of hydrogen-bond donors (Lipinski definition) is 2. The van der Waals surface area contributed by atoms with Crippen LogP contribution in [0.2, 0.25) is 0 Å². The predicted molar refractivity (Wildman–Crippen MR) is 70.9 cm³/mol. The van der Waals surface area contributed by atoms with Gasteiger partial charge in [-0.2, -0.15) is 0 Å². The minimum atomic E-state index is -0.722. The summed E-state index contributed by atoms with van der Waals surface area (Å²) in [6.07, 6.45) is -0.722. The Hall–Kier alpha value is -1.11.